The Morgan fingerprint density at radius 1 is 1.67 bits per heavy atom. The fourth-order valence-corrected chi connectivity index (χ4v) is 0.911. The van der Waals surface area contributed by atoms with Crippen molar-refractivity contribution < 1.29 is 4.79 Å². The Balaban J connectivity index is 3.26. The lowest BCUT2D eigenvalue weighted by Crippen LogP contribution is -2.17. The van der Waals surface area contributed by atoms with E-state index in [1.807, 2.05) is 7.05 Å². The molecule has 2 nitrogen and oxygen atoms in total. The van der Waals surface area contributed by atoms with E-state index in [1.54, 1.807) is 6.92 Å². The van der Waals surface area contributed by atoms with Crippen molar-refractivity contribution in [1.29, 1.82) is 0 Å². The largest absolute Gasteiger partial charge is 0.319 e. The molecule has 0 aromatic carbocycles. The summed E-state index contributed by atoms with van der Waals surface area (Å²) in [5.74, 6) is 0.755. The molecule has 0 rings (SSSR count). The van der Waals surface area contributed by atoms with Gasteiger partial charge in [0.2, 0.25) is 0 Å². The van der Waals surface area contributed by atoms with Crippen LogP contribution in [0.1, 0.15) is 20.3 Å². The number of carbonyl (C=O) groups excluding carboxylic acids is 1. The smallest absolute Gasteiger partial charge is 0.130 e. The van der Waals surface area contributed by atoms with Gasteiger partial charge in [0.15, 0.2) is 0 Å². The van der Waals surface area contributed by atoms with Crippen molar-refractivity contribution in [3.63, 3.8) is 0 Å². The third-order valence-electron chi connectivity index (χ3n) is 1.19. The Bertz CT molecular complexity index is 90.9. The van der Waals surface area contributed by atoms with Gasteiger partial charge < -0.3 is 10.1 Å². The zero-order chi connectivity index (χ0) is 7.28. The van der Waals surface area contributed by atoms with Gasteiger partial charge in [-0.1, -0.05) is 6.92 Å². The second-order valence-electron chi connectivity index (χ2n) is 2.57. The summed E-state index contributed by atoms with van der Waals surface area (Å²) in [6.45, 7) is 4.63. The number of nitrogens with one attached hydrogen (secondary N) is 1. The van der Waals surface area contributed by atoms with Crippen molar-refractivity contribution in [2.45, 2.75) is 20.3 Å². The zero-order valence-corrected chi connectivity index (χ0v) is 6.40. The van der Waals surface area contributed by atoms with Gasteiger partial charge in [0.25, 0.3) is 0 Å². The summed E-state index contributed by atoms with van der Waals surface area (Å²) in [6.07, 6.45) is 0.695. The highest BCUT2D eigenvalue weighted by Gasteiger charge is 2.02. The SMILES string of the molecule is CNC[C@@H](C)CC(C)=O. The Hall–Kier alpha value is -0.370. The third kappa shape index (κ3) is 5.50. The van der Waals surface area contributed by atoms with Gasteiger partial charge in [0.05, 0.1) is 0 Å². The molecule has 54 valence electrons. The predicted octanol–water partition coefficient (Wildman–Crippen LogP) is 0.821. The Morgan fingerprint density at radius 3 is 2.56 bits per heavy atom. The molecule has 9 heavy (non-hydrogen) atoms. The molecule has 1 atom stereocenters. The van der Waals surface area contributed by atoms with Crippen LogP contribution in [0, 0.1) is 5.92 Å². The molecular weight excluding hydrogens is 114 g/mol. The van der Waals surface area contributed by atoms with Crippen molar-refractivity contribution in [2.75, 3.05) is 13.6 Å². The maximum Gasteiger partial charge on any atom is 0.130 e. The van der Waals surface area contributed by atoms with Crippen LogP contribution in [-0.2, 0) is 4.79 Å². The molecule has 0 amide bonds. The molecule has 0 unspecified atom stereocenters. The molecule has 0 aromatic rings. The molecule has 0 saturated heterocycles. The molecule has 1 N–H and O–H groups in total. The van der Waals surface area contributed by atoms with Crippen LogP contribution in [0.25, 0.3) is 0 Å². The third-order valence-corrected chi connectivity index (χ3v) is 1.19. The van der Waals surface area contributed by atoms with Crippen LogP contribution in [0.2, 0.25) is 0 Å². The highest BCUT2D eigenvalue weighted by molar-refractivity contribution is 5.75. The maximum atomic E-state index is 10.5. The average molecular weight is 129 g/mol. The van der Waals surface area contributed by atoms with Crippen LogP contribution in [0.15, 0.2) is 0 Å². The minimum Gasteiger partial charge on any atom is -0.319 e. The van der Waals surface area contributed by atoms with Gasteiger partial charge in [-0.15, -0.1) is 0 Å². The van der Waals surface area contributed by atoms with Crippen LogP contribution in [0.3, 0.4) is 0 Å². The van der Waals surface area contributed by atoms with Crippen LogP contribution in [-0.4, -0.2) is 19.4 Å². The van der Waals surface area contributed by atoms with E-state index in [2.05, 4.69) is 12.2 Å². The Labute approximate surface area is 56.6 Å². The molecule has 0 saturated carbocycles. The summed E-state index contributed by atoms with van der Waals surface area (Å²) in [4.78, 5) is 10.5. The van der Waals surface area contributed by atoms with Crippen molar-refractivity contribution in [3.05, 3.63) is 0 Å². The predicted molar refractivity (Wildman–Crippen MR) is 38.4 cm³/mol. The lowest BCUT2D eigenvalue weighted by molar-refractivity contribution is -0.117. The van der Waals surface area contributed by atoms with Gasteiger partial charge in [-0.2, -0.15) is 0 Å². The van der Waals surface area contributed by atoms with Gasteiger partial charge in [-0.3, -0.25) is 0 Å². The number of hydrogen-bond acceptors (Lipinski definition) is 2. The van der Waals surface area contributed by atoms with Gasteiger partial charge in [0, 0.05) is 6.42 Å². The van der Waals surface area contributed by atoms with E-state index in [1.165, 1.54) is 0 Å². The molecule has 0 fully saturated rings. The van der Waals surface area contributed by atoms with E-state index in [0.717, 1.165) is 6.54 Å². The molecule has 0 aliphatic rings. The number of carbonyl (C=O) groups is 1. The van der Waals surface area contributed by atoms with E-state index >= 15 is 0 Å². The van der Waals surface area contributed by atoms with Crippen molar-refractivity contribution in [2.24, 2.45) is 5.92 Å². The number of hydrogen-bond donors (Lipinski definition) is 1. The lowest BCUT2D eigenvalue weighted by atomic mass is 10.1. The topological polar surface area (TPSA) is 29.1 Å². The van der Waals surface area contributed by atoms with Crippen LogP contribution in [0.4, 0.5) is 0 Å². The minimum absolute atomic E-state index is 0.276. The summed E-state index contributed by atoms with van der Waals surface area (Å²) < 4.78 is 0. The Kier molecular flexibility index (Phi) is 4.32. The van der Waals surface area contributed by atoms with E-state index in [4.69, 9.17) is 0 Å². The first-order valence-electron chi connectivity index (χ1n) is 3.31. The standard InChI is InChI=1S/C7H15NO/c1-6(5-8-3)4-7(2)9/h6,8H,4-5H2,1-3H3/t6-/m0/s1. The molecule has 2 heteroatoms. The molecule has 0 heterocycles. The second kappa shape index (κ2) is 4.50. The first-order chi connectivity index (χ1) is 4.16. The molecule has 0 aromatic heterocycles. The van der Waals surface area contributed by atoms with Gasteiger partial charge in [0.1, 0.15) is 5.78 Å². The van der Waals surface area contributed by atoms with E-state index in [-0.39, 0.29) is 5.78 Å². The fourth-order valence-electron chi connectivity index (χ4n) is 0.911. The van der Waals surface area contributed by atoms with E-state index in [0.29, 0.717) is 12.3 Å². The fraction of sp³-hybridized carbons (Fsp3) is 0.857. The molecule has 0 radical (unpaired) electrons. The summed E-state index contributed by atoms with van der Waals surface area (Å²) in [5.41, 5.74) is 0. The highest BCUT2D eigenvalue weighted by Crippen LogP contribution is 1.98. The summed E-state index contributed by atoms with van der Waals surface area (Å²) in [6, 6.07) is 0. The molecule has 0 aliphatic heterocycles. The molecule has 0 aliphatic carbocycles. The minimum atomic E-state index is 0.276. The number of Topliss-reactive ketones (excluding diaryl/α,β-unsaturated/α-hetero) is 1. The second-order valence-corrected chi connectivity index (χ2v) is 2.57. The highest BCUT2D eigenvalue weighted by atomic mass is 16.1. The average Bonchev–Trinajstić information content (AvgIpc) is 1.63. The van der Waals surface area contributed by atoms with E-state index < -0.39 is 0 Å². The monoisotopic (exact) mass is 129 g/mol. The van der Waals surface area contributed by atoms with Crippen molar-refractivity contribution in [1.82, 2.24) is 5.32 Å². The van der Waals surface area contributed by atoms with Gasteiger partial charge in [-0.05, 0) is 26.4 Å². The van der Waals surface area contributed by atoms with Gasteiger partial charge in [-0.25, -0.2) is 0 Å². The summed E-state index contributed by atoms with van der Waals surface area (Å²) >= 11 is 0. The Morgan fingerprint density at radius 2 is 2.22 bits per heavy atom. The van der Waals surface area contributed by atoms with Crippen molar-refractivity contribution in [3.8, 4) is 0 Å². The van der Waals surface area contributed by atoms with Crippen LogP contribution in [0.5, 0.6) is 0 Å². The molecular formula is C7H15NO. The summed E-state index contributed by atoms with van der Waals surface area (Å²) in [5, 5.41) is 3.02. The zero-order valence-electron chi connectivity index (χ0n) is 6.40. The quantitative estimate of drug-likeness (QED) is 0.609. The first kappa shape index (κ1) is 8.63. The normalized spacial score (nSPS) is 13.2. The first-order valence-corrected chi connectivity index (χ1v) is 3.31. The lowest BCUT2D eigenvalue weighted by Gasteiger charge is -2.06. The number of ketones is 1. The van der Waals surface area contributed by atoms with E-state index in [9.17, 15) is 4.79 Å². The van der Waals surface area contributed by atoms with Crippen molar-refractivity contribution >= 4 is 5.78 Å². The molecule has 0 spiro atoms. The van der Waals surface area contributed by atoms with Crippen LogP contribution >= 0.6 is 0 Å². The maximum absolute atomic E-state index is 10.5. The van der Waals surface area contributed by atoms with Crippen LogP contribution < -0.4 is 5.32 Å². The summed E-state index contributed by atoms with van der Waals surface area (Å²) in [7, 11) is 1.90. The molecule has 0 bridgehead atoms. The number of rotatable bonds is 4. The van der Waals surface area contributed by atoms with Gasteiger partial charge >= 0.3 is 0 Å².